The number of hydrogen-bond acceptors (Lipinski definition) is 5. The molecule has 28 heavy (non-hydrogen) atoms. The van der Waals surface area contributed by atoms with E-state index in [-0.39, 0.29) is 17.1 Å². The van der Waals surface area contributed by atoms with E-state index < -0.39 is 0 Å². The molecule has 1 fully saturated rings. The summed E-state index contributed by atoms with van der Waals surface area (Å²) in [6.45, 7) is 8.14. The summed E-state index contributed by atoms with van der Waals surface area (Å²) in [5, 5.41) is -0.241. The fourth-order valence-electron chi connectivity index (χ4n) is 3.23. The lowest BCUT2D eigenvalue weighted by atomic mass is 10.2. The van der Waals surface area contributed by atoms with Crippen molar-refractivity contribution in [2.24, 2.45) is 0 Å². The molecule has 0 radical (unpaired) electrons. The number of rotatable bonds is 5. The Hall–Kier alpha value is -2.80. The SMILES string of the molecule is CCOC(=O)c1cccc(-n2c(C)cc(/C=C3/SC(=O)N(CC)C3=O)c2C)c1. The Labute approximate surface area is 168 Å². The lowest BCUT2D eigenvalue weighted by Crippen LogP contribution is -2.27. The van der Waals surface area contributed by atoms with E-state index in [1.54, 1.807) is 32.1 Å². The number of hydrogen-bond donors (Lipinski definition) is 0. The van der Waals surface area contributed by atoms with Crippen molar-refractivity contribution >= 4 is 35.0 Å². The minimum atomic E-state index is -0.361. The third-order valence-electron chi connectivity index (χ3n) is 4.56. The fourth-order valence-corrected chi connectivity index (χ4v) is 4.13. The van der Waals surface area contributed by atoms with Crippen LogP contribution in [0.15, 0.2) is 35.2 Å². The quantitative estimate of drug-likeness (QED) is 0.554. The van der Waals surface area contributed by atoms with Gasteiger partial charge in [-0.1, -0.05) is 6.07 Å². The Morgan fingerprint density at radius 1 is 1.18 bits per heavy atom. The van der Waals surface area contributed by atoms with E-state index in [4.69, 9.17) is 4.74 Å². The first kappa shape index (κ1) is 19.9. The van der Waals surface area contributed by atoms with E-state index in [9.17, 15) is 14.4 Å². The Morgan fingerprint density at radius 3 is 2.57 bits per heavy atom. The summed E-state index contributed by atoms with van der Waals surface area (Å²) in [5.41, 5.74) is 4.06. The monoisotopic (exact) mass is 398 g/mol. The van der Waals surface area contributed by atoms with E-state index >= 15 is 0 Å². The van der Waals surface area contributed by atoms with Gasteiger partial charge in [-0.05, 0) is 75.4 Å². The zero-order chi connectivity index (χ0) is 20.4. The Morgan fingerprint density at radius 2 is 1.93 bits per heavy atom. The normalized spacial score (nSPS) is 15.6. The van der Waals surface area contributed by atoms with Crippen molar-refractivity contribution < 1.29 is 19.1 Å². The molecule has 0 bridgehead atoms. The number of imide groups is 1. The van der Waals surface area contributed by atoms with Gasteiger partial charge in [-0.15, -0.1) is 0 Å². The van der Waals surface area contributed by atoms with Gasteiger partial charge < -0.3 is 9.30 Å². The first-order chi connectivity index (χ1) is 13.4. The third-order valence-corrected chi connectivity index (χ3v) is 5.47. The number of carbonyl (C=O) groups excluding carboxylic acids is 3. The molecular formula is C21H22N2O4S. The molecule has 0 aliphatic carbocycles. The number of likely N-dealkylation sites (N-methyl/N-ethyl adjacent to an activating group) is 1. The molecule has 6 nitrogen and oxygen atoms in total. The highest BCUT2D eigenvalue weighted by Gasteiger charge is 2.33. The molecule has 1 aromatic carbocycles. The van der Waals surface area contributed by atoms with Crippen LogP contribution in [-0.2, 0) is 9.53 Å². The van der Waals surface area contributed by atoms with E-state index in [1.807, 2.05) is 36.6 Å². The topological polar surface area (TPSA) is 68.6 Å². The summed E-state index contributed by atoms with van der Waals surface area (Å²) in [6.07, 6.45) is 1.76. The first-order valence-electron chi connectivity index (χ1n) is 9.09. The fraction of sp³-hybridized carbons (Fsp3) is 0.286. The number of aromatic nitrogens is 1. The molecule has 7 heteroatoms. The Bertz CT molecular complexity index is 990. The predicted molar refractivity (Wildman–Crippen MR) is 110 cm³/mol. The summed E-state index contributed by atoms with van der Waals surface area (Å²) in [6, 6.07) is 9.20. The molecule has 1 saturated heterocycles. The van der Waals surface area contributed by atoms with Gasteiger partial charge in [0, 0.05) is 23.6 Å². The zero-order valence-electron chi connectivity index (χ0n) is 16.3. The maximum absolute atomic E-state index is 12.4. The van der Waals surface area contributed by atoms with Crippen molar-refractivity contribution in [1.82, 2.24) is 9.47 Å². The van der Waals surface area contributed by atoms with Gasteiger partial charge in [-0.2, -0.15) is 0 Å². The van der Waals surface area contributed by atoms with Gasteiger partial charge in [0.25, 0.3) is 11.1 Å². The van der Waals surface area contributed by atoms with Crippen LogP contribution in [0.25, 0.3) is 11.8 Å². The van der Waals surface area contributed by atoms with Crippen molar-refractivity contribution in [2.75, 3.05) is 13.2 Å². The molecule has 1 aliphatic rings. The largest absolute Gasteiger partial charge is 0.462 e. The van der Waals surface area contributed by atoms with Gasteiger partial charge in [0.15, 0.2) is 0 Å². The highest BCUT2D eigenvalue weighted by Crippen LogP contribution is 2.33. The van der Waals surface area contributed by atoms with E-state index in [1.165, 1.54) is 4.90 Å². The smallest absolute Gasteiger partial charge is 0.338 e. The van der Waals surface area contributed by atoms with Crippen molar-refractivity contribution in [2.45, 2.75) is 27.7 Å². The van der Waals surface area contributed by atoms with Crippen LogP contribution in [0.3, 0.4) is 0 Å². The van der Waals surface area contributed by atoms with Gasteiger partial charge >= 0.3 is 5.97 Å². The molecule has 0 spiro atoms. The number of amides is 2. The number of aryl methyl sites for hydroxylation is 1. The number of thioether (sulfide) groups is 1. The maximum Gasteiger partial charge on any atom is 0.338 e. The Balaban J connectivity index is 1.99. The van der Waals surface area contributed by atoms with E-state index in [0.29, 0.717) is 23.6 Å². The summed E-state index contributed by atoms with van der Waals surface area (Å²) < 4.78 is 7.09. The molecule has 2 amide bonds. The second kappa shape index (κ2) is 8.06. The van der Waals surface area contributed by atoms with Crippen LogP contribution in [0.4, 0.5) is 4.79 Å². The molecule has 0 N–H and O–H groups in total. The number of nitrogens with zero attached hydrogens (tertiary/aromatic N) is 2. The van der Waals surface area contributed by atoms with Crippen molar-refractivity contribution in [1.29, 1.82) is 0 Å². The molecule has 1 aliphatic heterocycles. The van der Waals surface area contributed by atoms with Crippen LogP contribution in [0.1, 0.15) is 41.2 Å². The lowest BCUT2D eigenvalue weighted by Gasteiger charge is -2.11. The van der Waals surface area contributed by atoms with Gasteiger partial charge in [0.05, 0.1) is 17.1 Å². The van der Waals surface area contributed by atoms with Crippen LogP contribution >= 0.6 is 11.8 Å². The summed E-state index contributed by atoms with van der Waals surface area (Å²) in [4.78, 5) is 38.0. The summed E-state index contributed by atoms with van der Waals surface area (Å²) >= 11 is 0.961. The van der Waals surface area contributed by atoms with Crippen LogP contribution in [0.5, 0.6) is 0 Å². The number of benzene rings is 1. The third kappa shape index (κ3) is 3.62. The van der Waals surface area contributed by atoms with E-state index in [0.717, 1.165) is 34.4 Å². The summed E-state index contributed by atoms with van der Waals surface area (Å²) in [5.74, 6) is -0.619. The molecular weight excluding hydrogens is 376 g/mol. The highest BCUT2D eigenvalue weighted by atomic mass is 32.2. The number of carbonyl (C=O) groups is 3. The van der Waals surface area contributed by atoms with Crippen LogP contribution < -0.4 is 0 Å². The minimum absolute atomic E-state index is 0.241. The predicted octanol–water partition coefficient (Wildman–Crippen LogP) is 4.33. The van der Waals surface area contributed by atoms with Crippen molar-refractivity contribution in [3.05, 3.63) is 57.8 Å². The molecule has 0 atom stereocenters. The molecule has 2 heterocycles. The highest BCUT2D eigenvalue weighted by molar-refractivity contribution is 8.18. The second-order valence-electron chi connectivity index (χ2n) is 6.36. The van der Waals surface area contributed by atoms with Crippen LogP contribution in [0.2, 0.25) is 0 Å². The molecule has 2 aromatic rings. The molecule has 0 unspecified atom stereocenters. The maximum atomic E-state index is 12.4. The first-order valence-corrected chi connectivity index (χ1v) is 9.90. The molecule has 1 aromatic heterocycles. The minimum Gasteiger partial charge on any atom is -0.462 e. The van der Waals surface area contributed by atoms with Gasteiger partial charge in [0.1, 0.15) is 0 Å². The standard InChI is InChI=1S/C21H22N2O4S/c1-5-22-19(24)18(28-21(22)26)12-16-10-13(3)23(14(16)4)17-9-7-8-15(11-17)20(25)27-6-2/h7-12H,5-6H2,1-4H3/b18-12+. The molecule has 3 rings (SSSR count). The van der Waals surface area contributed by atoms with E-state index in [2.05, 4.69) is 0 Å². The molecule has 0 saturated carbocycles. The number of ether oxygens (including phenoxy) is 1. The van der Waals surface area contributed by atoms with Crippen LogP contribution in [-0.4, -0.2) is 39.7 Å². The number of esters is 1. The summed E-state index contributed by atoms with van der Waals surface area (Å²) in [7, 11) is 0. The zero-order valence-corrected chi connectivity index (χ0v) is 17.1. The van der Waals surface area contributed by atoms with Crippen molar-refractivity contribution in [3.63, 3.8) is 0 Å². The van der Waals surface area contributed by atoms with Crippen LogP contribution in [0, 0.1) is 13.8 Å². The van der Waals surface area contributed by atoms with Crippen molar-refractivity contribution in [3.8, 4) is 5.69 Å². The average Bonchev–Trinajstić information content (AvgIpc) is 3.10. The Kier molecular flexibility index (Phi) is 5.74. The second-order valence-corrected chi connectivity index (χ2v) is 7.35. The van der Waals surface area contributed by atoms with Gasteiger partial charge in [-0.25, -0.2) is 4.79 Å². The average molecular weight is 398 g/mol. The molecule has 146 valence electrons. The van der Waals surface area contributed by atoms with Gasteiger partial charge in [0.2, 0.25) is 0 Å². The van der Waals surface area contributed by atoms with Gasteiger partial charge in [-0.3, -0.25) is 14.5 Å². The lowest BCUT2D eigenvalue weighted by molar-refractivity contribution is -0.122.